The van der Waals surface area contributed by atoms with E-state index in [-0.39, 0.29) is 0 Å². The fraction of sp³-hybridized carbons (Fsp3) is 0.538. The SMILES string of the molecule is COc1ccccc1CNCC(C)(C)S(C)(=O)=O. The van der Waals surface area contributed by atoms with Crippen LogP contribution in [0, 0.1) is 0 Å². The largest absolute Gasteiger partial charge is 0.496 e. The van der Waals surface area contributed by atoms with Gasteiger partial charge in [0.25, 0.3) is 0 Å². The molecule has 1 rings (SSSR count). The molecule has 0 amide bonds. The fourth-order valence-electron chi connectivity index (χ4n) is 1.48. The van der Waals surface area contributed by atoms with Crippen molar-refractivity contribution in [1.29, 1.82) is 0 Å². The minimum absolute atomic E-state index is 0.407. The molecule has 0 saturated carbocycles. The summed E-state index contributed by atoms with van der Waals surface area (Å²) in [6.07, 6.45) is 1.26. The van der Waals surface area contributed by atoms with Crippen molar-refractivity contribution < 1.29 is 13.2 Å². The van der Waals surface area contributed by atoms with Gasteiger partial charge in [0.15, 0.2) is 9.84 Å². The minimum Gasteiger partial charge on any atom is -0.496 e. The standard InChI is InChI=1S/C13H21NO3S/c1-13(2,18(4,15)16)10-14-9-11-7-5-6-8-12(11)17-3/h5-8,14H,9-10H2,1-4H3. The maximum atomic E-state index is 11.6. The molecule has 0 bridgehead atoms. The number of hydrogen-bond acceptors (Lipinski definition) is 4. The fourth-order valence-corrected chi connectivity index (χ4v) is 1.84. The van der Waals surface area contributed by atoms with E-state index in [0.717, 1.165) is 11.3 Å². The first-order valence-electron chi connectivity index (χ1n) is 5.80. The number of hydrogen-bond donors (Lipinski definition) is 1. The summed E-state index contributed by atoms with van der Waals surface area (Å²) in [5, 5.41) is 3.16. The van der Waals surface area contributed by atoms with Crippen LogP contribution in [0.4, 0.5) is 0 Å². The van der Waals surface area contributed by atoms with Crippen LogP contribution >= 0.6 is 0 Å². The molecular weight excluding hydrogens is 250 g/mol. The van der Waals surface area contributed by atoms with Gasteiger partial charge in [0.2, 0.25) is 0 Å². The Kier molecular flexibility index (Phi) is 4.76. The molecule has 0 unspecified atom stereocenters. The molecule has 0 atom stereocenters. The summed E-state index contributed by atoms with van der Waals surface area (Å²) in [5.74, 6) is 0.808. The van der Waals surface area contributed by atoms with Crippen LogP contribution in [0.5, 0.6) is 5.75 Å². The van der Waals surface area contributed by atoms with Crippen molar-refractivity contribution in [2.24, 2.45) is 0 Å². The zero-order valence-corrected chi connectivity index (χ0v) is 12.2. The monoisotopic (exact) mass is 271 g/mol. The van der Waals surface area contributed by atoms with Crippen molar-refractivity contribution in [1.82, 2.24) is 5.32 Å². The molecule has 0 saturated heterocycles. The van der Waals surface area contributed by atoms with Gasteiger partial charge in [-0.2, -0.15) is 0 Å². The molecule has 0 aliphatic heterocycles. The smallest absolute Gasteiger partial charge is 0.153 e. The third-order valence-electron chi connectivity index (χ3n) is 3.06. The molecule has 0 fully saturated rings. The Labute approximate surface area is 109 Å². The predicted molar refractivity (Wildman–Crippen MR) is 73.6 cm³/mol. The van der Waals surface area contributed by atoms with Gasteiger partial charge in [-0.05, 0) is 19.9 Å². The summed E-state index contributed by atoms with van der Waals surface area (Å²) in [7, 11) is -1.44. The Morgan fingerprint density at radius 1 is 1.28 bits per heavy atom. The summed E-state index contributed by atoms with van der Waals surface area (Å²) in [6, 6.07) is 7.68. The van der Waals surface area contributed by atoms with Crippen LogP contribution in [0.15, 0.2) is 24.3 Å². The highest BCUT2D eigenvalue weighted by Crippen LogP contribution is 2.18. The molecule has 0 aromatic heterocycles. The Balaban J connectivity index is 2.62. The van der Waals surface area contributed by atoms with Gasteiger partial charge in [0.05, 0.1) is 11.9 Å². The van der Waals surface area contributed by atoms with E-state index in [1.54, 1.807) is 21.0 Å². The Hall–Kier alpha value is -1.07. The van der Waals surface area contributed by atoms with Crippen molar-refractivity contribution in [2.45, 2.75) is 25.1 Å². The van der Waals surface area contributed by atoms with Crippen LogP contribution in [0.25, 0.3) is 0 Å². The lowest BCUT2D eigenvalue weighted by Gasteiger charge is -2.23. The molecule has 1 N–H and O–H groups in total. The first-order chi connectivity index (χ1) is 8.28. The summed E-state index contributed by atoms with van der Waals surface area (Å²) in [5.41, 5.74) is 1.02. The van der Waals surface area contributed by atoms with Crippen LogP contribution in [0.1, 0.15) is 19.4 Å². The average Bonchev–Trinajstić information content (AvgIpc) is 2.28. The molecule has 0 aliphatic rings. The summed E-state index contributed by atoms with van der Waals surface area (Å²) >= 11 is 0. The maximum absolute atomic E-state index is 11.6. The van der Waals surface area contributed by atoms with Crippen molar-refractivity contribution in [2.75, 3.05) is 19.9 Å². The van der Waals surface area contributed by atoms with Gasteiger partial charge in [-0.25, -0.2) is 8.42 Å². The predicted octanol–water partition coefficient (Wildman–Crippen LogP) is 1.61. The number of rotatable bonds is 6. The zero-order chi connectivity index (χ0) is 13.8. The quantitative estimate of drug-likeness (QED) is 0.854. The lowest BCUT2D eigenvalue weighted by molar-refractivity contribution is 0.407. The summed E-state index contributed by atoms with van der Waals surface area (Å²) < 4.78 is 27.6. The van der Waals surface area contributed by atoms with Crippen LogP contribution < -0.4 is 10.1 Å². The molecule has 1 aromatic rings. The van der Waals surface area contributed by atoms with Gasteiger partial charge < -0.3 is 10.1 Å². The van der Waals surface area contributed by atoms with Gasteiger partial charge in [0, 0.05) is 24.9 Å². The molecule has 102 valence electrons. The number of methoxy groups -OCH3 is 1. The van der Waals surface area contributed by atoms with Gasteiger partial charge in [-0.1, -0.05) is 18.2 Å². The van der Waals surface area contributed by atoms with E-state index >= 15 is 0 Å². The van der Waals surface area contributed by atoms with Gasteiger partial charge in [-0.15, -0.1) is 0 Å². The third-order valence-corrected chi connectivity index (χ3v) is 5.21. The van der Waals surface area contributed by atoms with Crippen molar-refractivity contribution in [3.05, 3.63) is 29.8 Å². The van der Waals surface area contributed by atoms with Gasteiger partial charge >= 0.3 is 0 Å². The van der Waals surface area contributed by atoms with Crippen LogP contribution in [-0.4, -0.2) is 33.1 Å². The van der Waals surface area contributed by atoms with E-state index in [4.69, 9.17) is 4.74 Å². The van der Waals surface area contributed by atoms with Crippen molar-refractivity contribution in [3.8, 4) is 5.75 Å². The Morgan fingerprint density at radius 3 is 2.44 bits per heavy atom. The highest BCUT2D eigenvalue weighted by Gasteiger charge is 2.29. The minimum atomic E-state index is -3.07. The van der Waals surface area contributed by atoms with E-state index in [1.807, 2.05) is 24.3 Å². The van der Waals surface area contributed by atoms with E-state index in [0.29, 0.717) is 13.1 Å². The normalized spacial score (nSPS) is 12.4. The van der Waals surface area contributed by atoms with Gasteiger partial charge in [-0.3, -0.25) is 0 Å². The second kappa shape index (κ2) is 5.71. The highest BCUT2D eigenvalue weighted by atomic mass is 32.2. The molecule has 1 aromatic carbocycles. The maximum Gasteiger partial charge on any atom is 0.153 e. The molecule has 5 heteroatoms. The lowest BCUT2D eigenvalue weighted by Crippen LogP contribution is -2.41. The van der Waals surface area contributed by atoms with E-state index in [1.165, 1.54) is 6.26 Å². The molecule has 0 aliphatic carbocycles. The number of para-hydroxylation sites is 1. The highest BCUT2D eigenvalue weighted by molar-refractivity contribution is 7.92. The number of nitrogens with one attached hydrogen (secondary N) is 1. The first-order valence-corrected chi connectivity index (χ1v) is 7.69. The molecule has 4 nitrogen and oxygen atoms in total. The third kappa shape index (κ3) is 3.71. The summed E-state index contributed by atoms with van der Waals surface area (Å²) in [6.45, 7) is 4.43. The first kappa shape index (κ1) is 15.0. The molecule has 0 radical (unpaired) electrons. The zero-order valence-electron chi connectivity index (χ0n) is 11.4. The lowest BCUT2D eigenvalue weighted by atomic mass is 10.1. The van der Waals surface area contributed by atoms with Crippen LogP contribution in [0.2, 0.25) is 0 Å². The Bertz CT molecular complexity index is 495. The second-order valence-electron chi connectivity index (χ2n) is 4.95. The van der Waals surface area contributed by atoms with E-state index < -0.39 is 14.6 Å². The number of sulfone groups is 1. The van der Waals surface area contributed by atoms with Crippen molar-refractivity contribution in [3.63, 3.8) is 0 Å². The van der Waals surface area contributed by atoms with E-state index in [9.17, 15) is 8.42 Å². The van der Waals surface area contributed by atoms with Gasteiger partial charge in [0.1, 0.15) is 5.75 Å². The average molecular weight is 271 g/mol. The topological polar surface area (TPSA) is 55.4 Å². The van der Waals surface area contributed by atoms with Crippen LogP contribution in [-0.2, 0) is 16.4 Å². The number of ether oxygens (including phenoxy) is 1. The van der Waals surface area contributed by atoms with Crippen LogP contribution in [0.3, 0.4) is 0 Å². The molecule has 18 heavy (non-hydrogen) atoms. The molecular formula is C13H21NO3S. The Morgan fingerprint density at radius 2 is 1.89 bits per heavy atom. The molecule has 0 heterocycles. The van der Waals surface area contributed by atoms with E-state index in [2.05, 4.69) is 5.32 Å². The number of benzene rings is 1. The summed E-state index contributed by atoms with van der Waals surface area (Å²) in [4.78, 5) is 0. The second-order valence-corrected chi connectivity index (χ2v) is 7.60. The van der Waals surface area contributed by atoms with Crippen molar-refractivity contribution >= 4 is 9.84 Å². The molecule has 0 spiro atoms.